The first-order chi connectivity index (χ1) is 22.5. The van der Waals surface area contributed by atoms with Gasteiger partial charge in [0.05, 0.1) is 21.2 Å². The van der Waals surface area contributed by atoms with Crippen LogP contribution in [0.3, 0.4) is 0 Å². The predicted molar refractivity (Wildman–Crippen MR) is 187 cm³/mol. The molecule has 3 aromatic carbocycles. The summed E-state index contributed by atoms with van der Waals surface area (Å²) in [6.07, 6.45) is 1.39. The van der Waals surface area contributed by atoms with Crippen molar-refractivity contribution in [2.24, 2.45) is 10.2 Å². The molecule has 47 heavy (non-hydrogen) atoms. The molecule has 0 saturated carbocycles. The Kier molecular flexibility index (Phi) is 12.1. The fraction of sp³-hybridized carbons (Fsp3) is 0.250. The van der Waals surface area contributed by atoms with E-state index >= 15 is 0 Å². The normalized spacial score (nSPS) is 12.5. The van der Waals surface area contributed by atoms with Crippen LogP contribution in [0.1, 0.15) is 51.7 Å². The summed E-state index contributed by atoms with van der Waals surface area (Å²) < 4.78 is 54.8. The highest BCUT2D eigenvalue weighted by Crippen LogP contribution is 2.20. The summed E-state index contributed by atoms with van der Waals surface area (Å²) in [7, 11) is -7.14. The number of aromatic nitrogens is 2. The van der Waals surface area contributed by atoms with Gasteiger partial charge in [-0.1, -0.05) is 56.3 Å². The average Bonchev–Trinajstić information content (AvgIpc) is 3.08. The summed E-state index contributed by atoms with van der Waals surface area (Å²) in [6.45, 7) is 8.11. The molecule has 1 heterocycles. The molecule has 1 aromatic heterocycles. The second-order valence-electron chi connectivity index (χ2n) is 10.4. The first-order valence-corrected chi connectivity index (χ1v) is 18.0. The first kappa shape index (κ1) is 35.2. The van der Waals surface area contributed by atoms with E-state index in [1.54, 1.807) is 44.2 Å². The number of nitrogens with one attached hydrogen (secondary N) is 5. The van der Waals surface area contributed by atoms with Gasteiger partial charge in [0.1, 0.15) is 0 Å². The van der Waals surface area contributed by atoms with E-state index in [4.69, 9.17) is 0 Å². The zero-order chi connectivity index (χ0) is 33.9. The summed E-state index contributed by atoms with van der Waals surface area (Å²) in [5.74, 6) is 1.02. The Morgan fingerprint density at radius 3 is 1.47 bits per heavy atom. The van der Waals surface area contributed by atoms with Gasteiger partial charge < -0.3 is 5.32 Å². The number of para-hydroxylation sites is 1. The summed E-state index contributed by atoms with van der Waals surface area (Å²) in [5, 5.41) is 12.1. The molecule has 0 radical (unpaired) electrons. The molecule has 0 fully saturated rings. The van der Waals surface area contributed by atoms with Crippen LogP contribution >= 0.6 is 0 Å². The molecule has 4 aromatic rings. The SMILES string of the molecule is CCCNS(=O)(=O)c1ccc(C(C)=NNc2cc(NN=C(C)c3ccc(S(=O)(=O)NCCC)cc3)nc(Nc3ccccc3)n2)cc1. The van der Waals surface area contributed by atoms with Gasteiger partial charge in [0.25, 0.3) is 0 Å². The monoisotopic (exact) mass is 677 g/mol. The lowest BCUT2D eigenvalue weighted by molar-refractivity contribution is 0.579. The highest BCUT2D eigenvalue weighted by molar-refractivity contribution is 7.89. The molecule has 0 aliphatic rings. The Morgan fingerprint density at radius 2 is 1.06 bits per heavy atom. The Bertz CT molecular complexity index is 1800. The highest BCUT2D eigenvalue weighted by Gasteiger charge is 2.14. The summed E-state index contributed by atoms with van der Waals surface area (Å²) in [4.78, 5) is 9.42. The van der Waals surface area contributed by atoms with E-state index in [2.05, 4.69) is 45.8 Å². The van der Waals surface area contributed by atoms with Gasteiger partial charge >= 0.3 is 0 Å². The molecule has 5 N–H and O–H groups in total. The highest BCUT2D eigenvalue weighted by atomic mass is 32.2. The van der Waals surface area contributed by atoms with Crippen molar-refractivity contribution in [3.63, 3.8) is 0 Å². The fourth-order valence-corrected chi connectivity index (χ4v) is 6.34. The number of hydrazone groups is 2. The Morgan fingerprint density at radius 1 is 0.638 bits per heavy atom. The molecule has 0 bridgehead atoms. The van der Waals surface area contributed by atoms with Crippen molar-refractivity contribution in [2.75, 3.05) is 29.3 Å². The number of anilines is 4. The van der Waals surface area contributed by atoms with E-state index < -0.39 is 20.0 Å². The quantitative estimate of drug-likeness (QED) is 0.0780. The standard InChI is InChI=1S/C32H39N9O4S2/c1-5-20-33-46(42,43)28-16-12-25(13-17-28)23(3)38-40-30-22-31(37-32(36-30)35-27-10-8-7-9-11-27)41-39-24(4)26-14-18-29(19-15-26)47(44,45)34-21-6-2/h7-19,22,33-34H,5-6,20-21H2,1-4H3,(H3,35,36,37,40,41). The van der Waals surface area contributed by atoms with Crippen LogP contribution in [0.5, 0.6) is 0 Å². The van der Waals surface area contributed by atoms with Crippen LogP contribution in [0.4, 0.5) is 23.3 Å². The average molecular weight is 678 g/mol. The summed E-state index contributed by atoms with van der Waals surface area (Å²) in [6, 6.07) is 24.0. The number of hydrogen-bond acceptors (Lipinski definition) is 11. The lowest BCUT2D eigenvalue weighted by Gasteiger charge is -2.11. The summed E-state index contributed by atoms with van der Waals surface area (Å²) in [5.41, 5.74) is 9.34. The topological polar surface area (TPSA) is 179 Å². The number of sulfonamides is 2. The van der Waals surface area contributed by atoms with Gasteiger partial charge in [-0.15, -0.1) is 0 Å². The molecule has 0 saturated heterocycles. The van der Waals surface area contributed by atoms with Gasteiger partial charge in [0, 0.05) is 24.8 Å². The Labute approximate surface area is 276 Å². The second-order valence-corrected chi connectivity index (χ2v) is 13.9. The maximum atomic E-state index is 12.4. The lowest BCUT2D eigenvalue weighted by Crippen LogP contribution is -2.24. The van der Waals surface area contributed by atoms with Gasteiger partial charge in [0.2, 0.25) is 26.0 Å². The molecule has 248 valence electrons. The molecule has 15 heteroatoms. The smallest absolute Gasteiger partial charge is 0.240 e. The van der Waals surface area contributed by atoms with Crippen LogP contribution in [0.25, 0.3) is 0 Å². The minimum atomic E-state index is -3.57. The van der Waals surface area contributed by atoms with Crippen molar-refractivity contribution >= 4 is 54.7 Å². The van der Waals surface area contributed by atoms with Gasteiger partial charge in [-0.25, -0.2) is 26.3 Å². The van der Waals surface area contributed by atoms with Crippen molar-refractivity contribution in [3.8, 4) is 0 Å². The van der Waals surface area contributed by atoms with Crippen LogP contribution in [-0.4, -0.2) is 51.3 Å². The van der Waals surface area contributed by atoms with Crippen molar-refractivity contribution < 1.29 is 16.8 Å². The van der Waals surface area contributed by atoms with E-state index in [0.29, 0.717) is 49.0 Å². The second kappa shape index (κ2) is 16.2. The Balaban J connectivity index is 1.54. The van der Waals surface area contributed by atoms with Crippen molar-refractivity contribution in [1.29, 1.82) is 0 Å². The van der Waals surface area contributed by atoms with Crippen molar-refractivity contribution in [1.82, 2.24) is 19.4 Å². The van der Waals surface area contributed by atoms with E-state index in [1.165, 1.54) is 24.3 Å². The Hall–Kier alpha value is -4.70. The van der Waals surface area contributed by atoms with Gasteiger partial charge in [-0.3, -0.25) is 10.9 Å². The van der Waals surface area contributed by atoms with Gasteiger partial charge in [0.15, 0.2) is 11.6 Å². The van der Waals surface area contributed by atoms with E-state index in [0.717, 1.165) is 16.8 Å². The van der Waals surface area contributed by atoms with Crippen LogP contribution in [0, 0.1) is 0 Å². The van der Waals surface area contributed by atoms with Crippen LogP contribution in [0.15, 0.2) is 105 Å². The number of nitrogens with zero attached hydrogens (tertiary/aromatic N) is 4. The molecular formula is C32H39N9O4S2. The van der Waals surface area contributed by atoms with E-state index in [9.17, 15) is 16.8 Å². The third kappa shape index (κ3) is 10.1. The molecule has 13 nitrogen and oxygen atoms in total. The fourth-order valence-electron chi connectivity index (χ4n) is 4.07. The van der Waals surface area contributed by atoms with Gasteiger partial charge in [-0.05, 0) is 74.2 Å². The number of benzene rings is 3. The minimum Gasteiger partial charge on any atom is -0.324 e. The molecule has 0 aliphatic heterocycles. The largest absolute Gasteiger partial charge is 0.324 e. The predicted octanol–water partition coefficient (Wildman–Crippen LogP) is 5.27. The van der Waals surface area contributed by atoms with E-state index in [-0.39, 0.29) is 15.7 Å². The number of hydrogen-bond donors (Lipinski definition) is 5. The molecule has 0 atom stereocenters. The molecule has 0 unspecified atom stereocenters. The first-order valence-electron chi connectivity index (χ1n) is 15.0. The van der Waals surface area contributed by atoms with Crippen molar-refractivity contribution in [2.45, 2.75) is 50.3 Å². The molecule has 4 rings (SSSR count). The minimum absolute atomic E-state index is 0.180. The lowest BCUT2D eigenvalue weighted by atomic mass is 10.1. The maximum Gasteiger partial charge on any atom is 0.240 e. The third-order valence-electron chi connectivity index (χ3n) is 6.68. The molecule has 0 amide bonds. The number of rotatable bonds is 16. The zero-order valence-corrected chi connectivity index (χ0v) is 28.3. The molecule has 0 aliphatic carbocycles. The molecule has 0 spiro atoms. The van der Waals surface area contributed by atoms with Gasteiger partial charge in [-0.2, -0.15) is 20.2 Å². The van der Waals surface area contributed by atoms with E-state index in [1.807, 2.05) is 44.2 Å². The van der Waals surface area contributed by atoms with Crippen LogP contribution in [-0.2, 0) is 20.0 Å². The molecular weight excluding hydrogens is 639 g/mol. The summed E-state index contributed by atoms with van der Waals surface area (Å²) >= 11 is 0. The van der Waals surface area contributed by atoms with Crippen LogP contribution < -0.4 is 25.6 Å². The van der Waals surface area contributed by atoms with Crippen LogP contribution in [0.2, 0.25) is 0 Å². The maximum absolute atomic E-state index is 12.4. The van der Waals surface area contributed by atoms with Crippen molar-refractivity contribution in [3.05, 3.63) is 96.1 Å². The zero-order valence-electron chi connectivity index (χ0n) is 26.6. The third-order valence-corrected chi connectivity index (χ3v) is 9.64.